The van der Waals surface area contributed by atoms with Gasteiger partial charge in [0, 0.05) is 44.0 Å². The van der Waals surface area contributed by atoms with Crippen LogP contribution in [0.25, 0.3) is 16.7 Å². The van der Waals surface area contributed by atoms with Crippen molar-refractivity contribution in [2.45, 2.75) is 38.2 Å². The number of carbonyl (C=O) groups excluding carboxylic acids is 2. The summed E-state index contributed by atoms with van der Waals surface area (Å²) in [4.78, 5) is 32.9. The number of ketones is 1. The van der Waals surface area contributed by atoms with E-state index in [1.165, 1.54) is 0 Å². The van der Waals surface area contributed by atoms with Gasteiger partial charge in [0.05, 0.1) is 35.8 Å². The van der Waals surface area contributed by atoms with Crippen LogP contribution in [0.1, 0.15) is 52.7 Å². The first-order chi connectivity index (χ1) is 18.0. The second kappa shape index (κ2) is 9.07. The van der Waals surface area contributed by atoms with Gasteiger partial charge in [0.2, 0.25) is 0 Å². The molecule has 1 fully saturated rings. The Labute approximate surface area is 215 Å². The second-order valence-electron chi connectivity index (χ2n) is 9.80. The number of fused-ring (bicyclic) bond motifs is 2. The van der Waals surface area contributed by atoms with Crippen LogP contribution in [0.2, 0.25) is 0 Å². The number of rotatable bonds is 4. The number of carbonyl (C=O) groups is 2. The predicted molar refractivity (Wildman–Crippen MR) is 141 cm³/mol. The zero-order valence-electron chi connectivity index (χ0n) is 21.1. The lowest BCUT2D eigenvalue weighted by molar-refractivity contribution is -0.00570. The number of ether oxygens (including phenoxy) is 2. The van der Waals surface area contributed by atoms with Crippen LogP contribution in [0, 0.1) is 0 Å². The lowest BCUT2D eigenvalue weighted by atomic mass is 9.82. The fourth-order valence-corrected chi connectivity index (χ4v) is 5.56. The lowest BCUT2D eigenvalue weighted by Crippen LogP contribution is -2.52. The molecule has 7 nitrogen and oxygen atoms in total. The van der Waals surface area contributed by atoms with Crippen LogP contribution in [0.15, 0.2) is 66.7 Å². The topological polar surface area (TPSA) is 73.7 Å². The molecule has 37 heavy (non-hydrogen) atoms. The van der Waals surface area contributed by atoms with Crippen molar-refractivity contribution in [3.05, 3.63) is 83.7 Å². The molecule has 0 bridgehead atoms. The monoisotopic (exact) mass is 495 g/mol. The van der Waals surface area contributed by atoms with Crippen molar-refractivity contribution in [3.8, 4) is 17.2 Å². The molecule has 3 aromatic carbocycles. The molecule has 2 aliphatic heterocycles. The van der Waals surface area contributed by atoms with Gasteiger partial charge >= 0.3 is 0 Å². The molecule has 2 aliphatic rings. The van der Waals surface area contributed by atoms with Gasteiger partial charge in [-0.3, -0.25) is 14.2 Å². The molecule has 0 aliphatic carbocycles. The molecule has 0 unspecified atom stereocenters. The van der Waals surface area contributed by atoms with E-state index in [0.29, 0.717) is 49.2 Å². The minimum Gasteiger partial charge on any atom is -0.497 e. The predicted octanol–water partition coefficient (Wildman–Crippen LogP) is 5.24. The molecule has 1 amide bonds. The molecular weight excluding hydrogens is 466 g/mol. The number of imidazole rings is 1. The largest absolute Gasteiger partial charge is 0.497 e. The van der Waals surface area contributed by atoms with Gasteiger partial charge in [-0.25, -0.2) is 4.98 Å². The van der Waals surface area contributed by atoms with Gasteiger partial charge in [-0.15, -0.1) is 0 Å². The van der Waals surface area contributed by atoms with Crippen molar-refractivity contribution < 1.29 is 19.1 Å². The Morgan fingerprint density at radius 2 is 1.86 bits per heavy atom. The summed E-state index contributed by atoms with van der Waals surface area (Å²) < 4.78 is 13.9. The van der Waals surface area contributed by atoms with E-state index in [2.05, 4.69) is 11.5 Å². The molecule has 0 radical (unpaired) electrons. The Bertz CT molecular complexity index is 1510. The fraction of sp³-hybridized carbons (Fsp3) is 0.300. The van der Waals surface area contributed by atoms with Crippen molar-refractivity contribution in [1.82, 2.24) is 14.5 Å². The zero-order chi connectivity index (χ0) is 25.6. The van der Waals surface area contributed by atoms with Crippen LogP contribution in [-0.4, -0.2) is 51.9 Å². The minimum atomic E-state index is -0.530. The first kappa shape index (κ1) is 23.3. The number of nitrogens with zero attached hydrogens (tertiary/aromatic N) is 3. The Kier molecular flexibility index (Phi) is 5.71. The van der Waals surface area contributed by atoms with E-state index in [-0.39, 0.29) is 11.7 Å². The van der Waals surface area contributed by atoms with Crippen LogP contribution in [0.3, 0.4) is 0 Å². The number of piperidine rings is 1. The van der Waals surface area contributed by atoms with E-state index in [0.717, 1.165) is 34.7 Å². The molecule has 3 heterocycles. The van der Waals surface area contributed by atoms with Gasteiger partial charge in [0.15, 0.2) is 5.78 Å². The molecular formula is C30H29N3O4. The van der Waals surface area contributed by atoms with Crippen LogP contribution < -0.4 is 9.47 Å². The number of para-hydroxylation sites is 1. The van der Waals surface area contributed by atoms with Crippen LogP contribution in [-0.2, 0) is 6.42 Å². The van der Waals surface area contributed by atoms with Crippen molar-refractivity contribution >= 4 is 22.7 Å². The van der Waals surface area contributed by atoms with Crippen LogP contribution >= 0.6 is 0 Å². The maximum absolute atomic E-state index is 13.5. The van der Waals surface area contributed by atoms with E-state index in [9.17, 15) is 9.59 Å². The van der Waals surface area contributed by atoms with E-state index in [4.69, 9.17) is 14.5 Å². The average molecular weight is 496 g/mol. The van der Waals surface area contributed by atoms with Gasteiger partial charge in [-0.1, -0.05) is 25.1 Å². The normalized spacial score (nSPS) is 16.5. The lowest BCUT2D eigenvalue weighted by Gasteiger charge is -2.44. The van der Waals surface area contributed by atoms with Crippen molar-refractivity contribution in [3.63, 3.8) is 0 Å². The van der Waals surface area contributed by atoms with E-state index < -0.39 is 5.60 Å². The van der Waals surface area contributed by atoms with Gasteiger partial charge in [0.25, 0.3) is 5.91 Å². The van der Waals surface area contributed by atoms with Gasteiger partial charge in [0.1, 0.15) is 22.9 Å². The first-order valence-electron chi connectivity index (χ1n) is 12.8. The third-order valence-corrected chi connectivity index (χ3v) is 7.56. The Morgan fingerprint density at radius 1 is 1.05 bits per heavy atom. The molecule has 1 aromatic heterocycles. The van der Waals surface area contributed by atoms with Gasteiger partial charge in [-0.2, -0.15) is 0 Å². The summed E-state index contributed by atoms with van der Waals surface area (Å²) in [6, 6.07) is 21.1. The minimum absolute atomic E-state index is 0.0201. The molecule has 7 heteroatoms. The highest BCUT2D eigenvalue weighted by Crippen LogP contribution is 2.39. The smallest absolute Gasteiger partial charge is 0.253 e. The number of amides is 1. The number of aromatic nitrogens is 2. The quantitative estimate of drug-likeness (QED) is 0.387. The van der Waals surface area contributed by atoms with Crippen molar-refractivity contribution in [1.29, 1.82) is 0 Å². The molecule has 1 saturated heterocycles. The number of hydrogen-bond acceptors (Lipinski definition) is 5. The summed E-state index contributed by atoms with van der Waals surface area (Å²) in [5.41, 5.74) is 3.45. The summed E-state index contributed by atoms with van der Waals surface area (Å²) in [7, 11) is 1.66. The summed E-state index contributed by atoms with van der Waals surface area (Å²) in [5, 5.41) is 0. The Morgan fingerprint density at radius 3 is 2.65 bits per heavy atom. The van der Waals surface area contributed by atoms with Gasteiger partial charge < -0.3 is 14.4 Å². The van der Waals surface area contributed by atoms with Gasteiger partial charge in [-0.05, 0) is 42.5 Å². The van der Waals surface area contributed by atoms with E-state index in [1.54, 1.807) is 7.11 Å². The highest BCUT2D eigenvalue weighted by molar-refractivity contribution is 6.00. The van der Waals surface area contributed by atoms with Crippen molar-refractivity contribution in [2.75, 3.05) is 20.2 Å². The van der Waals surface area contributed by atoms with Crippen molar-refractivity contribution in [2.24, 2.45) is 0 Å². The number of Topliss-reactive ketones (excluding diaryl/α,β-unsaturated/α-hetero) is 1. The van der Waals surface area contributed by atoms with Crippen LogP contribution in [0.5, 0.6) is 11.5 Å². The SMILES string of the molecule is CCc1nc2cc(C(=O)N3CCC4(CC3)CC(=O)c3ccccc3O4)ccc2n1-c1cccc(OC)c1. The average Bonchev–Trinajstić information content (AvgIpc) is 3.31. The second-order valence-corrected chi connectivity index (χ2v) is 9.80. The summed E-state index contributed by atoms with van der Waals surface area (Å²) in [6.07, 6.45) is 2.38. The third kappa shape index (κ3) is 4.04. The molecule has 4 aromatic rings. The third-order valence-electron chi connectivity index (χ3n) is 7.56. The zero-order valence-corrected chi connectivity index (χ0v) is 21.1. The molecule has 6 rings (SSSR count). The number of methoxy groups -OCH3 is 1. The van der Waals surface area contributed by atoms with Crippen LogP contribution in [0.4, 0.5) is 0 Å². The molecule has 0 atom stereocenters. The standard InChI is InChI=1S/C30H29N3O4/c1-3-28-31-24-17-20(11-12-25(24)33(28)21-7-6-8-22(18-21)36-2)29(35)32-15-13-30(14-16-32)19-26(34)23-9-4-5-10-27(23)37-30/h4-12,17-18H,3,13-16,19H2,1-2H3. The molecule has 188 valence electrons. The van der Waals surface area contributed by atoms with E-state index in [1.807, 2.05) is 71.6 Å². The number of likely N-dealkylation sites (tertiary alicyclic amines) is 1. The maximum atomic E-state index is 13.5. The number of hydrogen-bond donors (Lipinski definition) is 0. The van der Waals surface area contributed by atoms with E-state index >= 15 is 0 Å². The highest BCUT2D eigenvalue weighted by Gasteiger charge is 2.43. The molecule has 0 N–H and O–H groups in total. The first-order valence-corrected chi connectivity index (χ1v) is 12.8. The fourth-order valence-electron chi connectivity index (χ4n) is 5.56. The number of benzene rings is 3. The Hall–Kier alpha value is -4.13. The molecule has 0 saturated carbocycles. The summed E-state index contributed by atoms with van der Waals surface area (Å²) >= 11 is 0. The Balaban J connectivity index is 1.23. The summed E-state index contributed by atoms with van der Waals surface area (Å²) in [6.45, 7) is 3.17. The number of aryl methyl sites for hydroxylation is 1. The maximum Gasteiger partial charge on any atom is 0.253 e. The summed E-state index contributed by atoms with van der Waals surface area (Å²) in [5.74, 6) is 2.45. The molecule has 1 spiro atoms. The highest BCUT2D eigenvalue weighted by atomic mass is 16.5.